The van der Waals surface area contributed by atoms with E-state index in [1.54, 1.807) is 6.08 Å². The molecule has 358 valence electrons. The summed E-state index contributed by atoms with van der Waals surface area (Å²) in [7, 11) is 1.54. The highest BCUT2D eigenvalue weighted by Gasteiger charge is 2.27. The molecule has 0 aliphatic carbocycles. The molecular weight excluding hydrogens is 780 g/mol. The fourth-order valence-electron chi connectivity index (χ4n) is 7.19. The summed E-state index contributed by atoms with van der Waals surface area (Å²) in [5.41, 5.74) is 0. The predicted molar refractivity (Wildman–Crippen MR) is 263 cm³/mol. The number of likely N-dealkylation sites (N-methyl/N-ethyl adjacent to an activating group) is 1. The van der Waals surface area contributed by atoms with Crippen LogP contribution in [0.3, 0.4) is 0 Å². The lowest BCUT2D eigenvalue weighted by Gasteiger charge is -2.25. The highest BCUT2D eigenvalue weighted by atomic mass is 31.2. The monoisotopic (exact) mass is 880 g/mol. The van der Waals surface area contributed by atoms with Crippen molar-refractivity contribution in [3.05, 3.63) is 48.6 Å². The summed E-state index contributed by atoms with van der Waals surface area (Å²) in [6.45, 7) is 4.72. The van der Waals surface area contributed by atoms with E-state index >= 15 is 0 Å². The second-order valence-corrected chi connectivity index (χ2v) is 20.0. The van der Waals surface area contributed by atoms with Gasteiger partial charge < -0.3 is 19.8 Å². The van der Waals surface area contributed by atoms with Crippen molar-refractivity contribution >= 4 is 13.7 Å². The number of unbranched alkanes of at least 4 members (excludes halogenated alkanes) is 27. The van der Waals surface area contributed by atoms with Crippen molar-refractivity contribution in [2.24, 2.45) is 0 Å². The molecule has 0 spiro atoms. The van der Waals surface area contributed by atoms with Crippen molar-refractivity contribution in [2.45, 2.75) is 238 Å². The van der Waals surface area contributed by atoms with Gasteiger partial charge in [0.15, 0.2) is 0 Å². The summed E-state index contributed by atoms with van der Waals surface area (Å²) in [4.78, 5) is 23.1. The standard InChI is InChI=1S/C52H99N2O6P/c1-6-8-10-12-14-16-18-19-20-21-22-23-24-25-26-27-28-29-30-31-32-33-34-35-36-37-39-41-43-45-51(55)50(49-60-61(57,58)59-48-47-54(3,4)5)53-52(56)46-44-42-40-38-17-15-13-11-9-7-2/h11,13,32-33,36-37,43,45,50-51,55H,6-10,12,14-31,34-35,38-42,44,46-49H2,1-5H3,(H-,53,56,57,58)/p+1/b13-11-,33-32+,37-36+,45-43+. The Labute approximate surface area is 378 Å². The molecule has 0 aliphatic heterocycles. The van der Waals surface area contributed by atoms with E-state index in [4.69, 9.17) is 9.05 Å². The van der Waals surface area contributed by atoms with Crippen LogP contribution in [0.15, 0.2) is 48.6 Å². The quantitative estimate of drug-likeness (QED) is 0.0243. The molecule has 3 atom stereocenters. The third-order valence-electron chi connectivity index (χ3n) is 11.2. The van der Waals surface area contributed by atoms with Crippen molar-refractivity contribution < 1.29 is 32.9 Å². The first kappa shape index (κ1) is 59.5. The topological polar surface area (TPSA) is 105 Å². The zero-order valence-corrected chi connectivity index (χ0v) is 41.5. The van der Waals surface area contributed by atoms with Crippen molar-refractivity contribution in [1.29, 1.82) is 0 Å². The molecule has 0 rings (SSSR count). The van der Waals surface area contributed by atoms with Crippen molar-refractivity contribution in [2.75, 3.05) is 40.9 Å². The zero-order valence-electron chi connectivity index (χ0n) is 40.7. The van der Waals surface area contributed by atoms with Crippen LogP contribution in [0.25, 0.3) is 0 Å². The molecule has 3 N–H and O–H groups in total. The Bertz CT molecular complexity index is 1130. The lowest BCUT2D eigenvalue weighted by Crippen LogP contribution is -2.45. The average Bonchev–Trinajstić information content (AvgIpc) is 3.21. The molecule has 0 bridgehead atoms. The molecule has 3 unspecified atom stereocenters. The largest absolute Gasteiger partial charge is 0.472 e. The van der Waals surface area contributed by atoms with Gasteiger partial charge in [0.25, 0.3) is 0 Å². The molecular formula is C52H100N2O6P+. The minimum Gasteiger partial charge on any atom is -0.387 e. The second-order valence-electron chi connectivity index (χ2n) is 18.5. The number of phosphoric acid groups is 1. The van der Waals surface area contributed by atoms with Gasteiger partial charge in [0.2, 0.25) is 5.91 Å². The number of hydrogen-bond acceptors (Lipinski definition) is 5. The van der Waals surface area contributed by atoms with Crippen molar-refractivity contribution in [3.8, 4) is 0 Å². The number of nitrogens with zero attached hydrogens (tertiary/aromatic N) is 1. The lowest BCUT2D eigenvalue weighted by molar-refractivity contribution is -0.870. The molecule has 0 aromatic carbocycles. The number of aliphatic hydroxyl groups excluding tert-OH is 1. The Morgan fingerprint density at radius 1 is 0.541 bits per heavy atom. The van der Waals surface area contributed by atoms with Crippen LogP contribution in [-0.2, 0) is 18.4 Å². The van der Waals surface area contributed by atoms with Crippen LogP contribution >= 0.6 is 7.82 Å². The maximum absolute atomic E-state index is 12.8. The first-order valence-electron chi connectivity index (χ1n) is 25.5. The van der Waals surface area contributed by atoms with E-state index in [9.17, 15) is 19.4 Å². The summed E-state index contributed by atoms with van der Waals surface area (Å²) >= 11 is 0. The van der Waals surface area contributed by atoms with Crippen LogP contribution in [0.2, 0.25) is 0 Å². The Kier molecular flexibility index (Phi) is 42.6. The highest BCUT2D eigenvalue weighted by molar-refractivity contribution is 7.47. The molecule has 0 heterocycles. The first-order valence-corrected chi connectivity index (χ1v) is 27.0. The zero-order chi connectivity index (χ0) is 45.0. The Morgan fingerprint density at radius 2 is 0.934 bits per heavy atom. The molecule has 8 nitrogen and oxygen atoms in total. The van der Waals surface area contributed by atoms with Gasteiger partial charge in [0, 0.05) is 6.42 Å². The highest BCUT2D eigenvalue weighted by Crippen LogP contribution is 2.43. The van der Waals surface area contributed by atoms with Crippen LogP contribution in [-0.4, -0.2) is 73.4 Å². The second kappa shape index (κ2) is 43.7. The number of aliphatic hydroxyl groups is 1. The third-order valence-corrected chi connectivity index (χ3v) is 12.2. The van der Waals surface area contributed by atoms with Gasteiger partial charge in [-0.3, -0.25) is 13.8 Å². The van der Waals surface area contributed by atoms with E-state index in [2.05, 4.69) is 55.6 Å². The number of phosphoric ester groups is 1. The van der Waals surface area contributed by atoms with Gasteiger partial charge in [-0.25, -0.2) is 4.57 Å². The van der Waals surface area contributed by atoms with Gasteiger partial charge in [0.05, 0.1) is 39.9 Å². The van der Waals surface area contributed by atoms with Gasteiger partial charge in [-0.05, 0) is 64.2 Å². The van der Waals surface area contributed by atoms with Crippen LogP contribution in [0.1, 0.15) is 226 Å². The molecule has 0 radical (unpaired) electrons. The molecule has 1 amide bonds. The fraction of sp³-hybridized carbons (Fsp3) is 0.827. The van der Waals surface area contributed by atoms with Crippen LogP contribution in [0, 0.1) is 0 Å². The van der Waals surface area contributed by atoms with Crippen LogP contribution in [0.4, 0.5) is 0 Å². The maximum Gasteiger partial charge on any atom is 0.472 e. The summed E-state index contributed by atoms with van der Waals surface area (Å²) in [6, 6.07) is -0.873. The van der Waals surface area contributed by atoms with E-state index in [0.29, 0.717) is 17.4 Å². The minimum absolute atomic E-state index is 0.0508. The number of nitrogens with one attached hydrogen (secondary N) is 1. The minimum atomic E-state index is -4.35. The Hall–Kier alpha value is -1.54. The average molecular weight is 880 g/mol. The van der Waals surface area contributed by atoms with E-state index < -0.39 is 20.0 Å². The van der Waals surface area contributed by atoms with Crippen molar-refractivity contribution in [3.63, 3.8) is 0 Å². The number of allylic oxidation sites excluding steroid dienone is 7. The first-order chi connectivity index (χ1) is 29.5. The molecule has 9 heteroatoms. The number of carbonyl (C=O) groups is 1. The van der Waals surface area contributed by atoms with Gasteiger partial charge in [0.1, 0.15) is 13.2 Å². The number of quaternary nitrogens is 1. The van der Waals surface area contributed by atoms with E-state index in [1.165, 1.54) is 135 Å². The number of amides is 1. The van der Waals surface area contributed by atoms with Crippen LogP contribution < -0.4 is 5.32 Å². The predicted octanol–water partition coefficient (Wildman–Crippen LogP) is 14.8. The fourth-order valence-corrected chi connectivity index (χ4v) is 7.93. The third kappa shape index (κ3) is 46.3. The molecule has 0 aliphatic rings. The van der Waals surface area contributed by atoms with E-state index in [0.717, 1.165) is 70.6 Å². The molecule has 0 aromatic rings. The number of carbonyl (C=O) groups excluding carboxylic acids is 1. The Balaban J connectivity index is 4.21. The van der Waals surface area contributed by atoms with Gasteiger partial charge in [-0.2, -0.15) is 0 Å². The Morgan fingerprint density at radius 3 is 1.38 bits per heavy atom. The summed E-state index contributed by atoms with van der Waals surface area (Å²) in [6.07, 6.45) is 56.6. The molecule has 61 heavy (non-hydrogen) atoms. The maximum atomic E-state index is 12.8. The van der Waals surface area contributed by atoms with Gasteiger partial charge >= 0.3 is 7.82 Å². The number of hydrogen-bond donors (Lipinski definition) is 3. The molecule has 0 fully saturated rings. The molecule has 0 saturated heterocycles. The smallest absolute Gasteiger partial charge is 0.387 e. The van der Waals surface area contributed by atoms with Crippen LogP contribution in [0.5, 0.6) is 0 Å². The van der Waals surface area contributed by atoms with E-state index in [-0.39, 0.29) is 19.1 Å². The summed E-state index contributed by atoms with van der Waals surface area (Å²) < 4.78 is 23.5. The summed E-state index contributed by atoms with van der Waals surface area (Å²) in [5, 5.41) is 13.8. The molecule has 0 aromatic heterocycles. The summed E-state index contributed by atoms with van der Waals surface area (Å²) in [5.74, 6) is -0.204. The normalized spacial score (nSPS) is 14.5. The van der Waals surface area contributed by atoms with Crippen molar-refractivity contribution in [1.82, 2.24) is 5.32 Å². The lowest BCUT2D eigenvalue weighted by atomic mass is 10.0. The SMILES string of the molecule is CCC/C=C\CCCCCCCC(=O)NC(COP(=O)(O)OCC[N+](C)(C)C)C(O)/C=C/CC/C=C/CC/C=C/CCCCCCCCCCCCCCCCCCCCC. The van der Waals surface area contributed by atoms with Gasteiger partial charge in [-0.15, -0.1) is 0 Å². The van der Waals surface area contributed by atoms with Gasteiger partial charge in [-0.1, -0.05) is 204 Å². The molecule has 0 saturated carbocycles. The number of rotatable bonds is 46. The van der Waals surface area contributed by atoms with E-state index in [1.807, 2.05) is 27.2 Å².